The van der Waals surface area contributed by atoms with Crippen LogP contribution in [0.25, 0.3) is 0 Å². The molecule has 0 aliphatic carbocycles. The van der Waals surface area contributed by atoms with Crippen LogP contribution in [0, 0.1) is 6.92 Å². The largest absolute Gasteiger partial charge is 0.379 e. The molecule has 0 atom stereocenters. The number of nitrogens with zero attached hydrogens (tertiary/aromatic N) is 3. The number of aryl methyl sites for hydroxylation is 1. The Balaban J connectivity index is 1.66. The molecular weight excluding hydrogens is 344 g/mol. The normalized spacial score (nSPS) is 14.8. The van der Waals surface area contributed by atoms with E-state index in [1.807, 2.05) is 36.7 Å². The fourth-order valence-corrected chi connectivity index (χ4v) is 3.22. The number of para-hydroxylation sites is 1. The van der Waals surface area contributed by atoms with Crippen molar-refractivity contribution < 1.29 is 4.74 Å². The molecule has 1 aliphatic rings. The maximum absolute atomic E-state index is 5.74. The van der Waals surface area contributed by atoms with Crippen molar-refractivity contribution in [3.05, 3.63) is 59.9 Å². The summed E-state index contributed by atoms with van der Waals surface area (Å²) in [7, 11) is 0. The molecule has 0 bridgehead atoms. The Bertz CT molecular complexity index is 704. The molecule has 5 nitrogen and oxygen atoms in total. The second kappa shape index (κ2) is 9.62. The summed E-state index contributed by atoms with van der Waals surface area (Å²) in [5, 5.41) is 4.17. The minimum atomic E-state index is 0.754. The van der Waals surface area contributed by atoms with Gasteiger partial charge in [0, 0.05) is 50.8 Å². The first kappa shape index (κ1) is 18.8. The molecule has 1 aromatic heterocycles. The van der Waals surface area contributed by atoms with E-state index < -0.39 is 0 Å². The summed E-state index contributed by atoms with van der Waals surface area (Å²) in [5.41, 5.74) is 3.45. The molecule has 1 aromatic carbocycles. The molecule has 1 aliphatic heterocycles. The first-order chi connectivity index (χ1) is 12.7. The molecule has 0 radical (unpaired) electrons. The number of nitrogens with one attached hydrogen (secondary N) is 1. The monoisotopic (exact) mass is 370 g/mol. The predicted octanol–water partition coefficient (Wildman–Crippen LogP) is 2.92. The molecular formula is C20H26N4OS. The maximum Gasteiger partial charge on any atom is 0.173 e. The van der Waals surface area contributed by atoms with Gasteiger partial charge in [-0.15, -0.1) is 0 Å². The molecule has 0 amide bonds. The van der Waals surface area contributed by atoms with E-state index >= 15 is 0 Å². The lowest BCUT2D eigenvalue weighted by Gasteiger charge is -2.31. The van der Waals surface area contributed by atoms with Crippen LogP contribution in [0.5, 0.6) is 0 Å². The molecule has 1 fully saturated rings. The van der Waals surface area contributed by atoms with E-state index in [0.717, 1.165) is 56.7 Å². The molecule has 2 aromatic rings. The number of rotatable bonds is 6. The Hall–Kier alpha value is -2.02. The third-order valence-corrected chi connectivity index (χ3v) is 4.95. The summed E-state index contributed by atoms with van der Waals surface area (Å²) in [5.74, 6) is 0. The molecule has 138 valence electrons. The highest BCUT2D eigenvalue weighted by molar-refractivity contribution is 7.80. The zero-order chi connectivity index (χ0) is 18.2. The number of anilines is 1. The van der Waals surface area contributed by atoms with Gasteiger partial charge in [-0.25, -0.2) is 0 Å². The van der Waals surface area contributed by atoms with Gasteiger partial charge in [-0.3, -0.25) is 9.88 Å². The molecule has 0 unspecified atom stereocenters. The molecule has 0 saturated carbocycles. The minimum Gasteiger partial charge on any atom is -0.379 e. The smallest absolute Gasteiger partial charge is 0.173 e. The molecule has 1 saturated heterocycles. The van der Waals surface area contributed by atoms with Crippen molar-refractivity contribution in [2.75, 3.05) is 44.7 Å². The fourth-order valence-electron chi connectivity index (χ4n) is 2.96. The lowest BCUT2D eigenvalue weighted by molar-refractivity contribution is 0.0358. The highest BCUT2D eigenvalue weighted by Crippen LogP contribution is 2.15. The number of pyridine rings is 1. The topological polar surface area (TPSA) is 40.6 Å². The van der Waals surface area contributed by atoms with Crippen molar-refractivity contribution in [3.63, 3.8) is 0 Å². The fraction of sp³-hybridized carbons (Fsp3) is 0.400. The third kappa shape index (κ3) is 5.49. The molecule has 26 heavy (non-hydrogen) atoms. The number of benzene rings is 1. The first-order valence-electron chi connectivity index (χ1n) is 9.03. The van der Waals surface area contributed by atoms with Gasteiger partial charge in [0.2, 0.25) is 0 Å². The van der Waals surface area contributed by atoms with Gasteiger partial charge in [-0.1, -0.05) is 18.2 Å². The van der Waals surface area contributed by atoms with Gasteiger partial charge in [0.05, 0.1) is 13.2 Å². The summed E-state index contributed by atoms with van der Waals surface area (Å²) in [4.78, 5) is 8.77. The van der Waals surface area contributed by atoms with Gasteiger partial charge in [0.15, 0.2) is 5.11 Å². The number of morpholine rings is 1. The summed E-state index contributed by atoms with van der Waals surface area (Å²) < 4.78 is 5.44. The summed E-state index contributed by atoms with van der Waals surface area (Å²) in [6, 6.07) is 12.3. The summed E-state index contributed by atoms with van der Waals surface area (Å²) in [6.07, 6.45) is 3.65. The van der Waals surface area contributed by atoms with Crippen LogP contribution in [0.1, 0.15) is 11.1 Å². The Kier molecular flexibility index (Phi) is 6.94. The van der Waals surface area contributed by atoms with E-state index in [1.54, 1.807) is 0 Å². The molecule has 1 N–H and O–H groups in total. The number of aromatic nitrogens is 1. The average Bonchev–Trinajstić information content (AvgIpc) is 2.68. The Labute approximate surface area is 161 Å². The summed E-state index contributed by atoms with van der Waals surface area (Å²) in [6.45, 7) is 8.31. The Morgan fingerprint density at radius 1 is 1.19 bits per heavy atom. The van der Waals surface area contributed by atoms with Crippen LogP contribution >= 0.6 is 12.2 Å². The van der Waals surface area contributed by atoms with Crippen molar-refractivity contribution >= 4 is 23.0 Å². The maximum atomic E-state index is 5.74. The Morgan fingerprint density at radius 2 is 1.92 bits per heavy atom. The van der Waals surface area contributed by atoms with Gasteiger partial charge < -0.3 is 15.0 Å². The Morgan fingerprint density at radius 3 is 2.65 bits per heavy atom. The number of thiocarbonyl (C=S) groups is 1. The number of hydrogen-bond acceptors (Lipinski definition) is 4. The first-order valence-corrected chi connectivity index (χ1v) is 9.44. The van der Waals surface area contributed by atoms with Crippen LogP contribution in [0.3, 0.4) is 0 Å². The van der Waals surface area contributed by atoms with Crippen LogP contribution in [0.2, 0.25) is 0 Å². The second-order valence-electron chi connectivity index (χ2n) is 6.48. The molecule has 0 spiro atoms. The molecule has 6 heteroatoms. The standard InChI is InChI=1S/C20H26N4OS/c1-17-4-2-3-5-19(17)22-20(26)24(16-18-6-8-21-9-7-18)11-10-23-12-14-25-15-13-23/h2-9H,10-16H2,1H3,(H,22,26). The zero-order valence-electron chi connectivity index (χ0n) is 15.2. The quantitative estimate of drug-likeness (QED) is 0.789. The van der Waals surface area contributed by atoms with Gasteiger partial charge in [-0.05, 0) is 48.5 Å². The van der Waals surface area contributed by atoms with Crippen molar-refractivity contribution in [1.82, 2.24) is 14.8 Å². The van der Waals surface area contributed by atoms with Crippen molar-refractivity contribution in [3.8, 4) is 0 Å². The lowest BCUT2D eigenvalue weighted by Crippen LogP contribution is -2.44. The highest BCUT2D eigenvalue weighted by Gasteiger charge is 2.15. The van der Waals surface area contributed by atoms with E-state index in [1.165, 1.54) is 11.1 Å². The minimum absolute atomic E-state index is 0.754. The van der Waals surface area contributed by atoms with Crippen LogP contribution in [0.15, 0.2) is 48.8 Å². The van der Waals surface area contributed by atoms with E-state index in [2.05, 4.69) is 39.2 Å². The van der Waals surface area contributed by atoms with Gasteiger partial charge in [0.1, 0.15) is 0 Å². The van der Waals surface area contributed by atoms with Crippen LogP contribution < -0.4 is 5.32 Å². The van der Waals surface area contributed by atoms with Crippen LogP contribution in [-0.2, 0) is 11.3 Å². The average molecular weight is 371 g/mol. The van der Waals surface area contributed by atoms with Crippen LogP contribution in [-0.4, -0.2) is 59.3 Å². The number of ether oxygens (including phenoxy) is 1. The van der Waals surface area contributed by atoms with Gasteiger partial charge in [0.25, 0.3) is 0 Å². The zero-order valence-corrected chi connectivity index (χ0v) is 16.0. The molecule has 2 heterocycles. The second-order valence-corrected chi connectivity index (χ2v) is 6.86. The van der Waals surface area contributed by atoms with E-state index in [-0.39, 0.29) is 0 Å². The van der Waals surface area contributed by atoms with Gasteiger partial charge in [-0.2, -0.15) is 0 Å². The van der Waals surface area contributed by atoms with E-state index in [4.69, 9.17) is 17.0 Å². The molecule has 3 rings (SSSR count). The van der Waals surface area contributed by atoms with Crippen LogP contribution in [0.4, 0.5) is 5.69 Å². The van der Waals surface area contributed by atoms with Crippen molar-refractivity contribution in [2.45, 2.75) is 13.5 Å². The third-order valence-electron chi connectivity index (χ3n) is 4.59. The van der Waals surface area contributed by atoms with Gasteiger partial charge >= 0.3 is 0 Å². The van der Waals surface area contributed by atoms with Crippen molar-refractivity contribution in [1.29, 1.82) is 0 Å². The van der Waals surface area contributed by atoms with Crippen molar-refractivity contribution in [2.24, 2.45) is 0 Å². The van der Waals surface area contributed by atoms with E-state index in [9.17, 15) is 0 Å². The number of hydrogen-bond donors (Lipinski definition) is 1. The highest BCUT2D eigenvalue weighted by atomic mass is 32.1. The SMILES string of the molecule is Cc1ccccc1NC(=S)N(CCN1CCOCC1)Cc1ccncc1. The summed E-state index contributed by atoms with van der Waals surface area (Å²) >= 11 is 5.74. The predicted molar refractivity (Wildman–Crippen MR) is 109 cm³/mol. The van der Waals surface area contributed by atoms with E-state index in [0.29, 0.717) is 0 Å². The lowest BCUT2D eigenvalue weighted by atomic mass is 10.2.